The van der Waals surface area contributed by atoms with Gasteiger partial charge in [-0.1, -0.05) is 6.92 Å². The van der Waals surface area contributed by atoms with Crippen LogP contribution in [0.3, 0.4) is 0 Å². The molecule has 1 aliphatic rings. The Kier molecular flexibility index (Phi) is 5.27. The lowest BCUT2D eigenvalue weighted by Gasteiger charge is -2.35. The zero-order valence-electron chi connectivity index (χ0n) is 11.2. The Hall–Kier alpha value is -0.560. The Bertz CT molecular complexity index is 442. The molecular formula is C14H20FIN2O. The van der Waals surface area contributed by atoms with E-state index in [0.717, 1.165) is 44.6 Å². The van der Waals surface area contributed by atoms with Crippen LogP contribution in [0.2, 0.25) is 0 Å². The molecule has 1 saturated heterocycles. The number of anilines is 2. The smallest absolute Gasteiger partial charge is 0.138 e. The molecule has 1 fully saturated rings. The number of hydrogen-bond donors (Lipinski definition) is 1. The summed E-state index contributed by atoms with van der Waals surface area (Å²) in [5, 5.41) is 0. The molecular weight excluding hydrogens is 358 g/mol. The topological polar surface area (TPSA) is 38.5 Å². The highest BCUT2D eigenvalue weighted by atomic mass is 127. The van der Waals surface area contributed by atoms with Gasteiger partial charge in [0.1, 0.15) is 5.82 Å². The van der Waals surface area contributed by atoms with Crippen LogP contribution in [-0.4, -0.2) is 25.8 Å². The third-order valence-corrected chi connectivity index (χ3v) is 4.17. The molecule has 0 bridgehead atoms. The molecule has 1 aliphatic heterocycles. The fraction of sp³-hybridized carbons (Fsp3) is 0.571. The lowest BCUT2D eigenvalue weighted by Crippen LogP contribution is -2.40. The average molecular weight is 378 g/mol. The molecule has 0 radical (unpaired) electrons. The molecule has 106 valence electrons. The summed E-state index contributed by atoms with van der Waals surface area (Å²) in [6, 6.07) is 3.24. The van der Waals surface area contributed by atoms with E-state index in [4.69, 9.17) is 10.5 Å². The molecule has 1 aromatic carbocycles. The fourth-order valence-corrected chi connectivity index (χ4v) is 2.89. The standard InChI is InChI=1S/C14H20FIN2O/c1-2-6-19-10-4-3-5-18(9-10)14-7-11(15)12(16)8-13(14)17/h7-8,10H,2-6,9,17H2,1H3. The molecule has 5 heteroatoms. The van der Waals surface area contributed by atoms with Gasteiger partial charge in [-0.25, -0.2) is 4.39 Å². The van der Waals surface area contributed by atoms with Crippen LogP contribution < -0.4 is 10.6 Å². The van der Waals surface area contributed by atoms with E-state index >= 15 is 0 Å². The normalized spacial score (nSPS) is 19.7. The second-order valence-corrected chi connectivity index (χ2v) is 6.07. The van der Waals surface area contributed by atoms with Gasteiger partial charge in [-0.05, 0) is 47.9 Å². The van der Waals surface area contributed by atoms with Crippen LogP contribution in [0.25, 0.3) is 0 Å². The van der Waals surface area contributed by atoms with E-state index < -0.39 is 0 Å². The van der Waals surface area contributed by atoms with Crippen molar-refractivity contribution < 1.29 is 9.13 Å². The van der Waals surface area contributed by atoms with Gasteiger partial charge in [0.15, 0.2) is 0 Å². The van der Waals surface area contributed by atoms with Gasteiger partial charge in [-0.3, -0.25) is 0 Å². The number of nitrogens with two attached hydrogens (primary N) is 1. The van der Waals surface area contributed by atoms with Crippen LogP contribution in [0.5, 0.6) is 0 Å². The Labute approximate surface area is 127 Å². The Morgan fingerprint density at radius 3 is 3.05 bits per heavy atom. The van der Waals surface area contributed by atoms with Gasteiger partial charge in [0, 0.05) is 25.8 Å². The number of nitrogen functional groups attached to an aromatic ring is 1. The molecule has 19 heavy (non-hydrogen) atoms. The molecule has 1 atom stereocenters. The van der Waals surface area contributed by atoms with Gasteiger partial charge in [0.2, 0.25) is 0 Å². The molecule has 3 nitrogen and oxygen atoms in total. The number of nitrogens with zero attached hydrogens (tertiary/aromatic N) is 1. The van der Waals surface area contributed by atoms with E-state index in [1.54, 1.807) is 12.1 Å². The second-order valence-electron chi connectivity index (χ2n) is 4.91. The van der Waals surface area contributed by atoms with Crippen LogP contribution in [0, 0.1) is 9.39 Å². The largest absolute Gasteiger partial charge is 0.397 e. The molecule has 1 heterocycles. The Balaban J connectivity index is 2.10. The molecule has 1 unspecified atom stereocenters. The molecule has 0 amide bonds. The van der Waals surface area contributed by atoms with E-state index in [2.05, 4.69) is 11.8 Å². The summed E-state index contributed by atoms with van der Waals surface area (Å²) in [4.78, 5) is 2.14. The highest BCUT2D eigenvalue weighted by Crippen LogP contribution is 2.30. The van der Waals surface area contributed by atoms with Crippen LogP contribution in [0.1, 0.15) is 26.2 Å². The maximum Gasteiger partial charge on any atom is 0.138 e. The van der Waals surface area contributed by atoms with Crippen molar-refractivity contribution >= 4 is 34.0 Å². The van der Waals surface area contributed by atoms with Crippen molar-refractivity contribution in [2.45, 2.75) is 32.3 Å². The number of ether oxygens (including phenoxy) is 1. The van der Waals surface area contributed by atoms with Crippen LogP contribution in [0.4, 0.5) is 15.8 Å². The van der Waals surface area contributed by atoms with E-state index in [1.165, 1.54) is 0 Å². The van der Waals surface area contributed by atoms with Gasteiger partial charge < -0.3 is 15.4 Å². The molecule has 0 saturated carbocycles. The first-order valence-electron chi connectivity index (χ1n) is 6.73. The van der Waals surface area contributed by atoms with Gasteiger partial charge in [-0.2, -0.15) is 0 Å². The average Bonchev–Trinajstić information content (AvgIpc) is 2.41. The molecule has 0 aromatic heterocycles. The summed E-state index contributed by atoms with van der Waals surface area (Å²) in [5.74, 6) is -0.207. The maximum atomic E-state index is 13.7. The summed E-state index contributed by atoms with van der Waals surface area (Å²) in [5.41, 5.74) is 7.45. The summed E-state index contributed by atoms with van der Waals surface area (Å²) >= 11 is 1.96. The van der Waals surface area contributed by atoms with Gasteiger partial charge in [0.05, 0.1) is 21.0 Å². The van der Waals surface area contributed by atoms with Crippen molar-refractivity contribution in [3.63, 3.8) is 0 Å². The maximum absolute atomic E-state index is 13.7. The van der Waals surface area contributed by atoms with E-state index in [9.17, 15) is 4.39 Å². The monoisotopic (exact) mass is 378 g/mol. The minimum atomic E-state index is -0.207. The van der Waals surface area contributed by atoms with Crippen LogP contribution >= 0.6 is 22.6 Å². The van der Waals surface area contributed by atoms with Crippen molar-refractivity contribution in [3.05, 3.63) is 21.5 Å². The minimum Gasteiger partial charge on any atom is -0.397 e. The van der Waals surface area contributed by atoms with Crippen molar-refractivity contribution in [1.29, 1.82) is 0 Å². The number of halogens is 2. The number of hydrogen-bond acceptors (Lipinski definition) is 3. The molecule has 0 spiro atoms. The first-order valence-corrected chi connectivity index (χ1v) is 7.80. The molecule has 0 aliphatic carbocycles. The SMILES string of the molecule is CCCOC1CCCN(c2cc(F)c(I)cc2N)C1. The molecule has 2 rings (SSSR count). The molecule has 1 aromatic rings. The van der Waals surface area contributed by atoms with E-state index in [0.29, 0.717) is 9.26 Å². The minimum absolute atomic E-state index is 0.207. The van der Waals surface area contributed by atoms with E-state index in [-0.39, 0.29) is 11.9 Å². The predicted molar refractivity (Wildman–Crippen MR) is 85.0 cm³/mol. The van der Waals surface area contributed by atoms with E-state index in [1.807, 2.05) is 22.6 Å². The third-order valence-electron chi connectivity index (χ3n) is 3.35. The third kappa shape index (κ3) is 3.72. The highest BCUT2D eigenvalue weighted by Gasteiger charge is 2.22. The Morgan fingerprint density at radius 2 is 2.32 bits per heavy atom. The highest BCUT2D eigenvalue weighted by molar-refractivity contribution is 14.1. The van der Waals surface area contributed by atoms with Gasteiger partial charge in [-0.15, -0.1) is 0 Å². The zero-order valence-corrected chi connectivity index (χ0v) is 13.3. The van der Waals surface area contributed by atoms with Crippen molar-refractivity contribution in [2.75, 3.05) is 30.3 Å². The predicted octanol–water partition coefficient (Wildman–Crippen LogP) is 3.41. The zero-order chi connectivity index (χ0) is 13.8. The van der Waals surface area contributed by atoms with Gasteiger partial charge >= 0.3 is 0 Å². The van der Waals surface area contributed by atoms with Crippen LogP contribution in [-0.2, 0) is 4.74 Å². The fourth-order valence-electron chi connectivity index (χ4n) is 2.40. The summed E-state index contributed by atoms with van der Waals surface area (Å²) in [7, 11) is 0. The van der Waals surface area contributed by atoms with Crippen LogP contribution in [0.15, 0.2) is 12.1 Å². The van der Waals surface area contributed by atoms with Crippen molar-refractivity contribution in [2.24, 2.45) is 0 Å². The molecule has 2 N–H and O–H groups in total. The second kappa shape index (κ2) is 6.74. The van der Waals surface area contributed by atoms with Gasteiger partial charge in [0.25, 0.3) is 0 Å². The van der Waals surface area contributed by atoms with Crippen molar-refractivity contribution in [1.82, 2.24) is 0 Å². The summed E-state index contributed by atoms with van der Waals surface area (Å²) < 4.78 is 20.1. The lowest BCUT2D eigenvalue weighted by atomic mass is 10.1. The summed E-state index contributed by atoms with van der Waals surface area (Å²) in [6.07, 6.45) is 3.39. The first kappa shape index (κ1) is 14.8. The summed E-state index contributed by atoms with van der Waals surface area (Å²) in [6.45, 7) is 4.60. The Morgan fingerprint density at radius 1 is 1.53 bits per heavy atom. The number of rotatable bonds is 4. The van der Waals surface area contributed by atoms with Crippen molar-refractivity contribution in [3.8, 4) is 0 Å². The number of benzene rings is 1. The first-order chi connectivity index (χ1) is 9.11. The quantitative estimate of drug-likeness (QED) is 0.645. The number of piperidine rings is 1. The lowest BCUT2D eigenvalue weighted by molar-refractivity contribution is 0.0441.